The topological polar surface area (TPSA) is 29.4 Å². The van der Waals surface area contributed by atoms with Gasteiger partial charge >= 0.3 is 0 Å². The lowest BCUT2D eigenvalue weighted by molar-refractivity contribution is -0.111. The molecule has 0 saturated heterocycles. The van der Waals surface area contributed by atoms with Crippen LogP contribution in [-0.4, -0.2) is 11.5 Å². The summed E-state index contributed by atoms with van der Waals surface area (Å²) in [5, 5.41) is 0. The van der Waals surface area contributed by atoms with Crippen molar-refractivity contribution in [3.63, 3.8) is 0 Å². The van der Waals surface area contributed by atoms with Gasteiger partial charge in [-0.15, -0.1) is 0 Å². The maximum Gasteiger partial charge on any atom is 0.174 e. The molecule has 2 nitrogen and oxygen atoms in total. The molecule has 0 aromatic heterocycles. The van der Waals surface area contributed by atoms with Crippen LogP contribution in [0.15, 0.2) is 16.8 Å². The van der Waals surface area contributed by atoms with E-state index in [-0.39, 0.29) is 5.78 Å². The lowest BCUT2D eigenvalue weighted by Crippen LogP contribution is -2.05. The van der Waals surface area contributed by atoms with Crippen molar-refractivity contribution >= 4 is 11.5 Å². The average Bonchev–Trinajstić information content (AvgIpc) is 2.14. The molecule has 0 spiro atoms. The average molecular weight is 123 g/mol. The maximum absolute atomic E-state index is 10.6. The van der Waals surface area contributed by atoms with Crippen molar-refractivity contribution in [2.75, 3.05) is 0 Å². The Morgan fingerprint density at radius 3 is 2.67 bits per heavy atom. The van der Waals surface area contributed by atoms with E-state index in [1.165, 1.54) is 0 Å². The van der Waals surface area contributed by atoms with E-state index in [9.17, 15) is 4.79 Å². The van der Waals surface area contributed by atoms with Gasteiger partial charge in [0.25, 0.3) is 0 Å². The summed E-state index contributed by atoms with van der Waals surface area (Å²) in [5.74, 6) is 0.0862. The van der Waals surface area contributed by atoms with Gasteiger partial charge in [0.15, 0.2) is 5.78 Å². The van der Waals surface area contributed by atoms with Crippen molar-refractivity contribution in [2.45, 2.75) is 20.3 Å². The number of Topliss-reactive ketones (excluding diaryl/α,β-unsaturated/α-hetero) is 1. The number of rotatable bonds is 1. The fourth-order valence-corrected chi connectivity index (χ4v) is 0.771. The smallest absolute Gasteiger partial charge is 0.174 e. The van der Waals surface area contributed by atoms with Crippen LogP contribution in [-0.2, 0) is 4.79 Å². The molecule has 0 atom stereocenters. The zero-order chi connectivity index (χ0) is 6.85. The van der Waals surface area contributed by atoms with Gasteiger partial charge in [-0.3, -0.25) is 9.79 Å². The van der Waals surface area contributed by atoms with Gasteiger partial charge in [-0.05, 0) is 6.92 Å². The summed E-state index contributed by atoms with van der Waals surface area (Å²) >= 11 is 0. The first-order valence-electron chi connectivity index (χ1n) is 2.95. The van der Waals surface area contributed by atoms with Crippen molar-refractivity contribution in [1.82, 2.24) is 0 Å². The molecule has 0 aromatic rings. The zero-order valence-electron chi connectivity index (χ0n) is 5.64. The predicted molar refractivity (Wildman–Crippen MR) is 36.5 cm³/mol. The molecule has 0 aliphatic carbocycles. The van der Waals surface area contributed by atoms with E-state index in [4.69, 9.17) is 0 Å². The minimum atomic E-state index is 0.0862. The predicted octanol–water partition coefficient (Wildman–Crippen LogP) is 1.32. The molecule has 0 amide bonds. The molecule has 0 aromatic carbocycles. The Labute approximate surface area is 54.3 Å². The summed E-state index contributed by atoms with van der Waals surface area (Å²) < 4.78 is 0. The second kappa shape index (κ2) is 2.13. The summed E-state index contributed by atoms with van der Waals surface area (Å²) in [6.07, 6.45) is 2.68. The van der Waals surface area contributed by atoms with Gasteiger partial charge in [0.2, 0.25) is 0 Å². The van der Waals surface area contributed by atoms with E-state index in [1.54, 1.807) is 6.92 Å². The van der Waals surface area contributed by atoms with Gasteiger partial charge < -0.3 is 0 Å². The Balaban J connectivity index is 2.71. The van der Waals surface area contributed by atoms with Crippen LogP contribution >= 0.6 is 0 Å². The highest BCUT2D eigenvalue weighted by Crippen LogP contribution is 2.08. The standard InChI is InChI=1S/C7H9NO/c1-5-3-4-7(8-5)6(2)9/h3H,4H2,1-2H3. The largest absolute Gasteiger partial charge is 0.293 e. The minimum absolute atomic E-state index is 0.0862. The highest BCUT2D eigenvalue weighted by molar-refractivity contribution is 6.40. The van der Waals surface area contributed by atoms with Crippen LogP contribution in [0.5, 0.6) is 0 Å². The van der Waals surface area contributed by atoms with Crippen LogP contribution in [0.4, 0.5) is 0 Å². The molecule has 1 aliphatic rings. The molecule has 0 fully saturated rings. The molecule has 0 radical (unpaired) electrons. The molecule has 0 saturated carbocycles. The first-order valence-corrected chi connectivity index (χ1v) is 2.95. The molecule has 48 valence electrons. The summed E-state index contributed by atoms with van der Waals surface area (Å²) in [6, 6.07) is 0. The lowest BCUT2D eigenvalue weighted by Gasteiger charge is -1.87. The van der Waals surface area contributed by atoms with Crippen molar-refractivity contribution < 1.29 is 4.79 Å². The number of hydrogen-bond donors (Lipinski definition) is 0. The molecule has 2 heteroatoms. The number of carbonyl (C=O) groups excluding carboxylic acids is 1. The van der Waals surface area contributed by atoms with Gasteiger partial charge in [0.05, 0.1) is 5.71 Å². The number of carbonyl (C=O) groups is 1. The van der Waals surface area contributed by atoms with E-state index in [2.05, 4.69) is 4.99 Å². The summed E-state index contributed by atoms with van der Waals surface area (Å²) in [7, 11) is 0. The number of aliphatic imine (C=N–C) groups is 1. The quantitative estimate of drug-likeness (QED) is 0.517. The fraction of sp³-hybridized carbons (Fsp3) is 0.429. The van der Waals surface area contributed by atoms with E-state index in [0.717, 1.165) is 12.1 Å². The third kappa shape index (κ3) is 1.25. The molecular weight excluding hydrogens is 114 g/mol. The first kappa shape index (κ1) is 6.20. The number of allylic oxidation sites excluding steroid dienone is 2. The van der Waals surface area contributed by atoms with Crippen molar-refractivity contribution in [3.8, 4) is 0 Å². The molecular formula is C7H9NO. The van der Waals surface area contributed by atoms with Crippen molar-refractivity contribution in [3.05, 3.63) is 11.8 Å². The number of ketones is 1. The Kier molecular flexibility index (Phi) is 1.47. The maximum atomic E-state index is 10.6. The molecule has 0 N–H and O–H groups in total. The van der Waals surface area contributed by atoms with Gasteiger partial charge in [-0.1, -0.05) is 6.08 Å². The van der Waals surface area contributed by atoms with E-state index in [1.807, 2.05) is 13.0 Å². The van der Waals surface area contributed by atoms with Gasteiger partial charge in [0, 0.05) is 19.0 Å². The summed E-state index contributed by atoms with van der Waals surface area (Å²) in [5.41, 5.74) is 1.65. The zero-order valence-corrected chi connectivity index (χ0v) is 5.64. The van der Waals surface area contributed by atoms with Crippen LogP contribution in [0.25, 0.3) is 0 Å². The van der Waals surface area contributed by atoms with Gasteiger partial charge in [-0.2, -0.15) is 0 Å². The highest BCUT2D eigenvalue weighted by Gasteiger charge is 2.08. The highest BCUT2D eigenvalue weighted by atomic mass is 16.1. The third-order valence-electron chi connectivity index (χ3n) is 1.31. The third-order valence-corrected chi connectivity index (χ3v) is 1.31. The van der Waals surface area contributed by atoms with Crippen LogP contribution in [0.1, 0.15) is 20.3 Å². The molecule has 1 heterocycles. The fourth-order valence-electron chi connectivity index (χ4n) is 0.771. The lowest BCUT2D eigenvalue weighted by atomic mass is 10.2. The number of hydrogen-bond acceptors (Lipinski definition) is 2. The van der Waals surface area contributed by atoms with Crippen LogP contribution in [0, 0.1) is 0 Å². The SMILES string of the molecule is CC(=O)C1=NC(C)=CC1. The molecule has 1 aliphatic heterocycles. The van der Waals surface area contributed by atoms with Gasteiger partial charge in [0.1, 0.15) is 0 Å². The normalized spacial score (nSPS) is 17.1. The molecule has 1 rings (SSSR count). The van der Waals surface area contributed by atoms with Crippen LogP contribution in [0.2, 0.25) is 0 Å². The summed E-state index contributed by atoms with van der Waals surface area (Å²) in [4.78, 5) is 14.6. The second-order valence-corrected chi connectivity index (χ2v) is 2.16. The van der Waals surface area contributed by atoms with Crippen LogP contribution in [0.3, 0.4) is 0 Å². The van der Waals surface area contributed by atoms with Crippen LogP contribution < -0.4 is 0 Å². The van der Waals surface area contributed by atoms with E-state index in [0.29, 0.717) is 5.71 Å². The van der Waals surface area contributed by atoms with E-state index >= 15 is 0 Å². The molecule has 0 bridgehead atoms. The Bertz CT molecular complexity index is 201. The van der Waals surface area contributed by atoms with E-state index < -0.39 is 0 Å². The van der Waals surface area contributed by atoms with Crippen molar-refractivity contribution in [2.24, 2.45) is 4.99 Å². The molecule has 9 heavy (non-hydrogen) atoms. The Morgan fingerprint density at radius 2 is 2.44 bits per heavy atom. The summed E-state index contributed by atoms with van der Waals surface area (Å²) in [6.45, 7) is 3.45. The molecule has 0 unspecified atom stereocenters. The first-order chi connectivity index (χ1) is 4.20. The number of nitrogens with zero attached hydrogens (tertiary/aromatic N) is 1. The van der Waals surface area contributed by atoms with Gasteiger partial charge in [-0.25, -0.2) is 0 Å². The Hall–Kier alpha value is -0.920. The Morgan fingerprint density at radius 1 is 1.78 bits per heavy atom. The minimum Gasteiger partial charge on any atom is -0.293 e. The second-order valence-electron chi connectivity index (χ2n) is 2.16. The monoisotopic (exact) mass is 123 g/mol. The van der Waals surface area contributed by atoms with Crippen molar-refractivity contribution in [1.29, 1.82) is 0 Å².